The van der Waals surface area contributed by atoms with Gasteiger partial charge in [0.2, 0.25) is 0 Å². The Kier molecular flexibility index (Phi) is 9.30. The third-order valence-corrected chi connectivity index (χ3v) is 8.36. The van der Waals surface area contributed by atoms with Crippen LogP contribution in [0.4, 0.5) is 0 Å². The number of esters is 1. The van der Waals surface area contributed by atoms with Crippen LogP contribution < -0.4 is 24.4 Å². The first-order valence-electron chi connectivity index (χ1n) is 13.4. The Bertz CT molecular complexity index is 1830. The van der Waals surface area contributed by atoms with Crippen molar-refractivity contribution in [3.8, 4) is 11.5 Å². The van der Waals surface area contributed by atoms with Crippen molar-refractivity contribution in [3.63, 3.8) is 0 Å². The van der Waals surface area contributed by atoms with Crippen LogP contribution in [0.1, 0.15) is 43.5 Å². The molecule has 0 radical (unpaired) electrons. The number of carbonyl (C=O) groups excluding carboxylic acids is 1. The second-order valence-electron chi connectivity index (χ2n) is 9.38. The number of thiazole rings is 1. The van der Waals surface area contributed by atoms with Crippen LogP contribution >= 0.6 is 38.9 Å². The highest BCUT2D eigenvalue weighted by Gasteiger charge is 2.33. The lowest BCUT2D eigenvalue weighted by Gasteiger charge is -2.24. The van der Waals surface area contributed by atoms with E-state index >= 15 is 0 Å². The van der Waals surface area contributed by atoms with Gasteiger partial charge in [-0.1, -0.05) is 65.4 Å². The average molecular weight is 668 g/mol. The molecule has 42 heavy (non-hydrogen) atoms. The van der Waals surface area contributed by atoms with Crippen molar-refractivity contribution in [1.29, 1.82) is 0 Å². The van der Waals surface area contributed by atoms with Crippen molar-refractivity contribution in [1.82, 2.24) is 4.57 Å². The van der Waals surface area contributed by atoms with Crippen LogP contribution in [0.15, 0.2) is 92.3 Å². The monoisotopic (exact) mass is 666 g/mol. The highest BCUT2D eigenvalue weighted by Crippen LogP contribution is 2.35. The number of ether oxygens (including phenoxy) is 3. The van der Waals surface area contributed by atoms with Gasteiger partial charge in [0, 0.05) is 10.6 Å². The minimum Gasteiger partial charge on any atom is -0.494 e. The van der Waals surface area contributed by atoms with Crippen LogP contribution in [0, 0.1) is 0 Å². The third kappa shape index (κ3) is 6.23. The van der Waals surface area contributed by atoms with Gasteiger partial charge in [0.1, 0.15) is 18.1 Å². The zero-order valence-electron chi connectivity index (χ0n) is 23.2. The predicted molar refractivity (Wildman–Crippen MR) is 168 cm³/mol. The standard InChI is InChI=1S/C32H28BrClN2O5S/c1-4-39-24-13-11-21(12-14-24)28-27(31(38)40-5-2)19(3)35-32-36(28)30(37)26(42-32)16-22-15-23(34)17-25(33)29(22)41-18-20-9-7-6-8-10-20/h6-17,28H,4-5,18H2,1-3H3/b26-16-/t28-/m1/s1. The summed E-state index contributed by atoms with van der Waals surface area (Å²) in [6.45, 7) is 6.48. The van der Waals surface area contributed by atoms with Gasteiger partial charge in [-0.25, -0.2) is 9.79 Å². The number of nitrogens with zero attached hydrogens (tertiary/aromatic N) is 2. The molecule has 7 nitrogen and oxygen atoms in total. The van der Waals surface area contributed by atoms with Gasteiger partial charge in [-0.2, -0.15) is 0 Å². The van der Waals surface area contributed by atoms with E-state index in [0.29, 0.717) is 60.4 Å². The summed E-state index contributed by atoms with van der Waals surface area (Å²) in [6, 6.07) is 19.9. The minimum absolute atomic E-state index is 0.200. The van der Waals surface area contributed by atoms with E-state index in [1.807, 2.05) is 61.5 Å². The molecule has 10 heteroatoms. The minimum atomic E-state index is -0.724. The number of rotatable bonds is 9. The summed E-state index contributed by atoms with van der Waals surface area (Å²) in [5.41, 5.74) is 2.89. The molecular weight excluding hydrogens is 640 g/mol. The maximum Gasteiger partial charge on any atom is 0.338 e. The van der Waals surface area contributed by atoms with E-state index in [4.69, 9.17) is 25.8 Å². The van der Waals surface area contributed by atoms with Crippen LogP contribution in [-0.4, -0.2) is 23.8 Å². The van der Waals surface area contributed by atoms with Crippen molar-refractivity contribution < 1.29 is 19.0 Å². The van der Waals surface area contributed by atoms with Crippen LogP contribution in [-0.2, 0) is 16.1 Å². The van der Waals surface area contributed by atoms with Crippen LogP contribution in [0.2, 0.25) is 5.02 Å². The van der Waals surface area contributed by atoms with Gasteiger partial charge in [-0.15, -0.1) is 0 Å². The number of allylic oxidation sites excluding steroid dienone is 1. The fourth-order valence-electron chi connectivity index (χ4n) is 4.73. The van der Waals surface area contributed by atoms with Crippen LogP contribution in [0.3, 0.4) is 0 Å². The van der Waals surface area contributed by atoms with E-state index in [1.54, 1.807) is 36.6 Å². The fourth-order valence-corrected chi connectivity index (χ4v) is 6.72. The van der Waals surface area contributed by atoms with Gasteiger partial charge < -0.3 is 14.2 Å². The van der Waals surface area contributed by atoms with E-state index in [1.165, 1.54) is 11.3 Å². The lowest BCUT2D eigenvalue weighted by Crippen LogP contribution is -2.39. The van der Waals surface area contributed by atoms with Crippen molar-refractivity contribution in [2.24, 2.45) is 4.99 Å². The molecule has 0 unspecified atom stereocenters. The van der Waals surface area contributed by atoms with E-state index in [0.717, 1.165) is 11.1 Å². The Morgan fingerprint density at radius 2 is 1.81 bits per heavy atom. The molecule has 0 N–H and O–H groups in total. The smallest absolute Gasteiger partial charge is 0.338 e. The van der Waals surface area contributed by atoms with E-state index < -0.39 is 12.0 Å². The normalized spacial score (nSPS) is 14.8. The molecule has 0 saturated carbocycles. The Hall–Kier alpha value is -3.66. The molecule has 3 aromatic carbocycles. The van der Waals surface area contributed by atoms with E-state index in [9.17, 15) is 9.59 Å². The molecule has 1 aromatic heterocycles. The molecule has 0 aliphatic carbocycles. The summed E-state index contributed by atoms with van der Waals surface area (Å²) in [5, 5.41) is 0.487. The van der Waals surface area contributed by atoms with Crippen LogP contribution in [0.5, 0.6) is 11.5 Å². The van der Waals surface area contributed by atoms with Crippen LogP contribution in [0.25, 0.3) is 6.08 Å². The lowest BCUT2D eigenvalue weighted by atomic mass is 9.96. The van der Waals surface area contributed by atoms with Gasteiger partial charge in [-0.05, 0) is 78.2 Å². The number of fused-ring (bicyclic) bond motifs is 1. The van der Waals surface area contributed by atoms with Gasteiger partial charge in [0.15, 0.2) is 4.80 Å². The number of hydrogen-bond acceptors (Lipinski definition) is 7. The molecule has 0 saturated heterocycles. The number of halogens is 2. The van der Waals surface area contributed by atoms with E-state index in [2.05, 4.69) is 20.9 Å². The highest BCUT2D eigenvalue weighted by molar-refractivity contribution is 9.10. The Labute approximate surface area is 260 Å². The van der Waals surface area contributed by atoms with Crippen molar-refractivity contribution in [2.75, 3.05) is 13.2 Å². The lowest BCUT2D eigenvalue weighted by molar-refractivity contribution is -0.139. The second-order valence-corrected chi connectivity index (χ2v) is 11.7. The molecule has 5 rings (SSSR count). The summed E-state index contributed by atoms with van der Waals surface area (Å²) >= 11 is 11.2. The van der Waals surface area contributed by atoms with Crippen molar-refractivity contribution in [3.05, 3.63) is 124 Å². The number of aromatic nitrogens is 1. The maximum atomic E-state index is 14.1. The maximum absolute atomic E-state index is 14.1. The molecule has 0 amide bonds. The summed E-state index contributed by atoms with van der Waals surface area (Å²) in [4.78, 5) is 32.4. The Morgan fingerprint density at radius 1 is 1.07 bits per heavy atom. The first kappa shape index (κ1) is 29.8. The van der Waals surface area contributed by atoms with Gasteiger partial charge in [0.25, 0.3) is 5.56 Å². The van der Waals surface area contributed by atoms with Gasteiger partial charge in [-0.3, -0.25) is 9.36 Å². The molecule has 1 aliphatic rings. The number of carbonyl (C=O) groups is 1. The van der Waals surface area contributed by atoms with E-state index in [-0.39, 0.29) is 12.2 Å². The van der Waals surface area contributed by atoms with Crippen molar-refractivity contribution >= 4 is 50.9 Å². The fraction of sp³-hybridized carbons (Fsp3) is 0.219. The first-order valence-corrected chi connectivity index (χ1v) is 15.4. The molecule has 1 atom stereocenters. The molecule has 4 aromatic rings. The van der Waals surface area contributed by atoms with Gasteiger partial charge >= 0.3 is 5.97 Å². The predicted octanol–water partition coefficient (Wildman–Crippen LogP) is 6.19. The summed E-state index contributed by atoms with van der Waals surface area (Å²) in [6.07, 6.45) is 1.75. The number of benzene rings is 3. The first-order chi connectivity index (χ1) is 20.3. The molecule has 216 valence electrons. The highest BCUT2D eigenvalue weighted by atomic mass is 79.9. The number of hydrogen-bond donors (Lipinski definition) is 0. The molecule has 1 aliphatic heterocycles. The summed E-state index contributed by atoms with van der Waals surface area (Å²) < 4.78 is 19.8. The quantitative estimate of drug-likeness (QED) is 0.199. The molecule has 0 fully saturated rings. The zero-order valence-corrected chi connectivity index (χ0v) is 26.4. The molecule has 2 heterocycles. The summed E-state index contributed by atoms with van der Waals surface area (Å²) in [5.74, 6) is 0.740. The molecule has 0 spiro atoms. The molecular formula is C32H28BrClN2O5S. The third-order valence-electron chi connectivity index (χ3n) is 6.57. The Balaban J connectivity index is 1.64. The Morgan fingerprint density at radius 3 is 2.50 bits per heavy atom. The zero-order chi connectivity index (χ0) is 29.8. The largest absolute Gasteiger partial charge is 0.494 e. The molecule has 0 bridgehead atoms. The van der Waals surface area contributed by atoms with Crippen molar-refractivity contribution in [2.45, 2.75) is 33.4 Å². The second kappa shape index (κ2) is 13.1. The van der Waals surface area contributed by atoms with Gasteiger partial charge in [0.05, 0.1) is 39.5 Å². The topological polar surface area (TPSA) is 79.1 Å². The summed E-state index contributed by atoms with van der Waals surface area (Å²) in [7, 11) is 0. The SMILES string of the molecule is CCOC(=O)C1=C(C)N=c2s/c(=C\c3cc(Cl)cc(Br)c3OCc3ccccc3)c(=O)n2[C@@H]1c1ccc(OCC)cc1. The average Bonchev–Trinajstić information content (AvgIpc) is 3.27.